The van der Waals surface area contributed by atoms with Crippen molar-refractivity contribution in [1.29, 1.82) is 0 Å². The van der Waals surface area contributed by atoms with Crippen molar-refractivity contribution in [3.8, 4) is 0 Å². The lowest BCUT2D eigenvalue weighted by Gasteiger charge is -2.29. The molecular weight excluding hydrogens is 236 g/mol. The van der Waals surface area contributed by atoms with Gasteiger partial charge in [-0.2, -0.15) is 0 Å². The van der Waals surface area contributed by atoms with Crippen LogP contribution in [-0.4, -0.2) is 16.1 Å². The summed E-state index contributed by atoms with van der Waals surface area (Å²) in [5, 5.41) is 1.88. The first-order chi connectivity index (χ1) is 7.78. The second-order valence-electron chi connectivity index (χ2n) is 7.81. The van der Waals surface area contributed by atoms with Crippen LogP contribution in [0.15, 0.2) is 23.4 Å². The fourth-order valence-electron chi connectivity index (χ4n) is 3.37. The van der Waals surface area contributed by atoms with Crippen LogP contribution in [0.1, 0.15) is 12.8 Å². The summed E-state index contributed by atoms with van der Waals surface area (Å²) in [6, 6.07) is 3.03. The highest BCUT2D eigenvalue weighted by Crippen LogP contribution is 2.43. The molecule has 2 bridgehead atoms. The van der Waals surface area contributed by atoms with E-state index in [1.807, 2.05) is 5.20 Å². The van der Waals surface area contributed by atoms with Gasteiger partial charge in [0.25, 0.3) is 0 Å². The van der Waals surface area contributed by atoms with Crippen molar-refractivity contribution in [1.82, 2.24) is 0 Å². The smallest absolute Gasteiger partial charge is 0.0758 e. The Hall–Kier alpha value is -0.0862. The van der Waals surface area contributed by atoms with E-state index in [1.165, 1.54) is 24.9 Å². The van der Waals surface area contributed by atoms with E-state index in [-0.39, 0.29) is 0 Å². The Bertz CT molecular complexity index is 344. The zero-order chi connectivity index (χ0) is 12.7. The molecule has 0 N–H and O–H groups in total. The summed E-state index contributed by atoms with van der Waals surface area (Å²) in [6.07, 6.45) is 10.4. The van der Waals surface area contributed by atoms with Crippen LogP contribution in [-0.2, 0) is 0 Å². The summed E-state index contributed by atoms with van der Waals surface area (Å²) in [7, 11) is -1.92. The topological polar surface area (TPSA) is 0 Å². The summed E-state index contributed by atoms with van der Waals surface area (Å²) in [6.45, 7) is 12.7. The van der Waals surface area contributed by atoms with Crippen LogP contribution in [0.5, 0.6) is 0 Å². The molecule has 0 aromatic carbocycles. The first kappa shape index (κ1) is 13.3. The number of hydrogen-bond acceptors (Lipinski definition) is 0. The Balaban J connectivity index is 1.89. The molecule has 0 fully saturated rings. The molecule has 2 rings (SSSR count). The highest BCUT2D eigenvalue weighted by Gasteiger charge is 2.37. The van der Waals surface area contributed by atoms with E-state index < -0.39 is 16.1 Å². The van der Waals surface area contributed by atoms with E-state index in [4.69, 9.17) is 0 Å². The molecule has 2 heteroatoms. The molecule has 96 valence electrons. The molecule has 0 aliphatic heterocycles. The summed E-state index contributed by atoms with van der Waals surface area (Å²) in [5.41, 5.74) is 0. The first-order valence-corrected chi connectivity index (χ1v) is 14.1. The maximum Gasteiger partial charge on any atom is 0.0758 e. The second kappa shape index (κ2) is 4.54. The largest absolute Gasteiger partial charge is 0.0816 e. The normalized spacial score (nSPS) is 27.7. The van der Waals surface area contributed by atoms with Crippen molar-refractivity contribution in [2.75, 3.05) is 0 Å². The van der Waals surface area contributed by atoms with Crippen LogP contribution in [0.25, 0.3) is 0 Å². The van der Waals surface area contributed by atoms with Gasteiger partial charge in [-0.15, -0.1) is 0 Å². The van der Waals surface area contributed by atoms with E-state index in [2.05, 4.69) is 51.0 Å². The Morgan fingerprint density at radius 1 is 1.06 bits per heavy atom. The molecule has 0 radical (unpaired) electrons. The quantitative estimate of drug-likeness (QED) is 0.479. The lowest BCUT2D eigenvalue weighted by molar-refractivity contribution is 0.723. The molecule has 2 aliphatic carbocycles. The average Bonchev–Trinajstić information content (AvgIpc) is 2.75. The molecule has 0 heterocycles. The number of fused-ring (bicyclic) bond motifs is 2. The van der Waals surface area contributed by atoms with Gasteiger partial charge in [0.05, 0.1) is 8.07 Å². The molecule has 17 heavy (non-hydrogen) atoms. The molecule has 0 aromatic heterocycles. The fourth-order valence-corrected chi connectivity index (χ4v) is 8.19. The summed E-state index contributed by atoms with van der Waals surface area (Å²) < 4.78 is 0. The summed E-state index contributed by atoms with van der Waals surface area (Å²) >= 11 is 0. The number of rotatable bonds is 5. The van der Waals surface area contributed by atoms with Crippen molar-refractivity contribution in [2.24, 2.45) is 11.8 Å². The number of hydrogen-bond donors (Lipinski definition) is 0. The second-order valence-corrected chi connectivity index (χ2v) is 18.3. The predicted molar refractivity (Wildman–Crippen MR) is 83.9 cm³/mol. The zero-order valence-corrected chi connectivity index (χ0v) is 14.2. The van der Waals surface area contributed by atoms with Crippen LogP contribution < -0.4 is 0 Å². The minimum absolute atomic E-state index is 0.804. The maximum atomic E-state index is 2.62. The van der Waals surface area contributed by atoms with Crippen molar-refractivity contribution in [3.63, 3.8) is 0 Å². The minimum atomic E-state index is -1.09. The molecule has 0 spiro atoms. The summed E-state index contributed by atoms with van der Waals surface area (Å²) in [5.74, 6) is 1.65. The molecule has 0 saturated heterocycles. The van der Waals surface area contributed by atoms with Gasteiger partial charge in [0, 0.05) is 8.07 Å². The fraction of sp³-hybridized carbons (Fsp3) is 0.733. The monoisotopic (exact) mass is 264 g/mol. The maximum absolute atomic E-state index is 2.62. The van der Waals surface area contributed by atoms with Crippen molar-refractivity contribution in [2.45, 2.75) is 57.7 Å². The molecule has 2 unspecified atom stereocenters. The Kier molecular flexibility index (Phi) is 3.57. The van der Waals surface area contributed by atoms with Gasteiger partial charge in [0.15, 0.2) is 0 Å². The molecule has 0 aromatic rings. The van der Waals surface area contributed by atoms with E-state index in [1.54, 1.807) is 0 Å². The highest BCUT2D eigenvalue weighted by molar-refractivity contribution is 6.84. The van der Waals surface area contributed by atoms with Crippen molar-refractivity contribution in [3.05, 3.63) is 23.4 Å². The molecule has 0 saturated carbocycles. The Morgan fingerprint density at radius 3 is 2.24 bits per heavy atom. The van der Waals surface area contributed by atoms with Crippen LogP contribution in [0.3, 0.4) is 0 Å². The van der Waals surface area contributed by atoms with Gasteiger partial charge in [-0.05, 0) is 18.3 Å². The van der Waals surface area contributed by atoms with Crippen LogP contribution in [0.4, 0.5) is 0 Å². The van der Waals surface area contributed by atoms with Crippen LogP contribution in [0, 0.1) is 11.8 Å². The summed E-state index contributed by atoms with van der Waals surface area (Å²) in [4.78, 5) is 0. The lowest BCUT2D eigenvalue weighted by atomic mass is 10.2. The van der Waals surface area contributed by atoms with Gasteiger partial charge >= 0.3 is 0 Å². The van der Waals surface area contributed by atoms with Gasteiger partial charge in [0.1, 0.15) is 0 Å². The van der Waals surface area contributed by atoms with E-state index in [0.717, 1.165) is 11.8 Å². The predicted octanol–water partition coefficient (Wildman–Crippen LogP) is 5.09. The van der Waals surface area contributed by atoms with E-state index in [0.29, 0.717) is 0 Å². The molecule has 2 atom stereocenters. The SMILES string of the molecule is C[Si](C)(C)CCC[Si](C)(C)C1=CC2C=CC1C2. The van der Waals surface area contributed by atoms with Crippen LogP contribution >= 0.6 is 0 Å². The van der Waals surface area contributed by atoms with Gasteiger partial charge in [-0.3, -0.25) is 0 Å². The number of allylic oxidation sites excluding steroid dienone is 4. The zero-order valence-electron chi connectivity index (χ0n) is 12.2. The van der Waals surface area contributed by atoms with Gasteiger partial charge in [0.2, 0.25) is 0 Å². The minimum Gasteiger partial charge on any atom is -0.0816 e. The standard InChI is InChI=1S/C15H28Si2/c1-16(2,3)9-6-10-17(4,5)15-12-13-7-8-14(15)11-13/h7-8,12-14H,6,9-11H2,1-5H3. The van der Waals surface area contributed by atoms with Gasteiger partial charge in [-0.1, -0.05) is 74.7 Å². The van der Waals surface area contributed by atoms with Crippen LogP contribution in [0.2, 0.25) is 44.8 Å². The first-order valence-electron chi connectivity index (χ1n) is 7.18. The molecular formula is C15H28Si2. The molecule has 2 aliphatic rings. The average molecular weight is 265 g/mol. The van der Waals surface area contributed by atoms with Crippen molar-refractivity contribution < 1.29 is 0 Å². The Morgan fingerprint density at radius 2 is 1.76 bits per heavy atom. The van der Waals surface area contributed by atoms with E-state index >= 15 is 0 Å². The van der Waals surface area contributed by atoms with Gasteiger partial charge < -0.3 is 0 Å². The van der Waals surface area contributed by atoms with E-state index in [9.17, 15) is 0 Å². The third-order valence-corrected chi connectivity index (χ3v) is 9.98. The Labute approximate surface area is 109 Å². The lowest BCUT2D eigenvalue weighted by Crippen LogP contribution is -2.32. The highest BCUT2D eigenvalue weighted by atomic mass is 28.3. The molecule has 0 nitrogen and oxygen atoms in total. The van der Waals surface area contributed by atoms with Gasteiger partial charge in [-0.25, -0.2) is 0 Å². The van der Waals surface area contributed by atoms with Crippen molar-refractivity contribution >= 4 is 16.1 Å². The molecule has 0 amide bonds. The third kappa shape index (κ3) is 3.22. The third-order valence-electron chi connectivity index (χ3n) is 4.42.